The molecule has 5 saturated carbocycles. The first-order valence-corrected chi connectivity index (χ1v) is 15.0. The first kappa shape index (κ1) is 25.6. The number of aryl methyl sites for hydroxylation is 1. The van der Waals surface area contributed by atoms with Crippen LogP contribution in [-0.2, 0) is 11.2 Å². The molecule has 5 fully saturated rings. The van der Waals surface area contributed by atoms with E-state index in [2.05, 4.69) is 50.2 Å². The van der Waals surface area contributed by atoms with Crippen molar-refractivity contribution in [1.82, 2.24) is 0 Å². The highest BCUT2D eigenvalue weighted by Gasteiger charge is 2.63. The Balaban J connectivity index is 1.16. The summed E-state index contributed by atoms with van der Waals surface area (Å²) in [5.74, 6) is 1.21. The normalized spacial score (nSPS) is 28.4. The molecule has 0 radical (unpaired) electrons. The molecule has 0 aliphatic heterocycles. The molecule has 0 heterocycles. The Morgan fingerprint density at radius 2 is 1.44 bits per heavy atom. The van der Waals surface area contributed by atoms with Crippen LogP contribution in [-0.4, -0.2) is 11.6 Å². The van der Waals surface area contributed by atoms with Gasteiger partial charge in [-0.15, -0.1) is 0 Å². The Kier molecular flexibility index (Phi) is 7.89. The van der Waals surface area contributed by atoms with Gasteiger partial charge in [0.25, 0.3) is 0 Å². The van der Waals surface area contributed by atoms with Crippen LogP contribution >= 0.6 is 0 Å². The molecule has 2 aromatic rings. The SMILES string of the molecule is CCCCCCCCc1ccc(-c2ccc(C(=O)O[C@@]34CC[C@@]5(CCC)C[C@H]3CC[C@H]5C4)cc2)cc1. The van der Waals surface area contributed by atoms with Gasteiger partial charge in [0.1, 0.15) is 5.60 Å². The van der Waals surface area contributed by atoms with Gasteiger partial charge in [-0.3, -0.25) is 0 Å². The number of hydrogen-bond donors (Lipinski definition) is 0. The van der Waals surface area contributed by atoms with Gasteiger partial charge in [-0.05, 0) is 104 Å². The van der Waals surface area contributed by atoms with Gasteiger partial charge in [-0.25, -0.2) is 4.79 Å². The molecular weight excluding hydrogens is 440 g/mol. The van der Waals surface area contributed by atoms with Crippen molar-refractivity contribution in [3.63, 3.8) is 0 Å². The molecule has 2 nitrogen and oxygen atoms in total. The maximum Gasteiger partial charge on any atom is 0.338 e. The first-order valence-electron chi connectivity index (χ1n) is 15.0. The van der Waals surface area contributed by atoms with Crippen LogP contribution in [0.4, 0.5) is 0 Å². The molecule has 0 aromatic heterocycles. The van der Waals surface area contributed by atoms with Gasteiger partial charge < -0.3 is 4.74 Å². The van der Waals surface area contributed by atoms with E-state index >= 15 is 0 Å². The number of carbonyl (C=O) groups is 1. The van der Waals surface area contributed by atoms with Crippen molar-refractivity contribution in [2.45, 2.75) is 116 Å². The first-order chi connectivity index (χ1) is 17.6. The second kappa shape index (κ2) is 11.1. The highest BCUT2D eigenvalue weighted by Crippen LogP contribution is 2.67. The van der Waals surface area contributed by atoms with Crippen LogP contribution in [0.15, 0.2) is 48.5 Å². The standard InChI is InChI=1S/C34H46O2/c1-3-5-6-7-8-9-10-26-11-13-27(14-12-26)28-15-17-29(18-16-28)32(35)36-34-23-22-33(21-4-2)24-31(34)20-19-30(33)25-34/h11-18,30-31H,3-10,19-25H2,1-2H3/t30-,31+,33-,34+/m0/s1. The number of hydrogen-bond acceptors (Lipinski definition) is 2. The Labute approximate surface area is 219 Å². The molecule has 2 heteroatoms. The molecule has 5 aliphatic rings. The Morgan fingerprint density at radius 1 is 0.778 bits per heavy atom. The molecule has 0 amide bonds. The fourth-order valence-corrected chi connectivity index (χ4v) is 8.01. The second-order valence-corrected chi connectivity index (χ2v) is 12.2. The summed E-state index contributed by atoms with van der Waals surface area (Å²) < 4.78 is 6.40. The molecule has 7 rings (SSSR count). The molecular formula is C34H46O2. The zero-order chi connectivity index (χ0) is 25.0. The molecule has 0 spiro atoms. The summed E-state index contributed by atoms with van der Waals surface area (Å²) >= 11 is 0. The summed E-state index contributed by atoms with van der Waals surface area (Å²) in [6.45, 7) is 4.60. The molecule has 4 bridgehead atoms. The van der Waals surface area contributed by atoms with Crippen LogP contribution < -0.4 is 0 Å². The van der Waals surface area contributed by atoms with E-state index in [1.54, 1.807) is 0 Å². The summed E-state index contributed by atoms with van der Waals surface area (Å²) in [6.07, 6.45) is 19.1. The Hall–Kier alpha value is -2.09. The number of ether oxygens (including phenoxy) is 1. The quantitative estimate of drug-likeness (QED) is 0.220. The van der Waals surface area contributed by atoms with Crippen molar-refractivity contribution in [3.8, 4) is 11.1 Å². The summed E-state index contributed by atoms with van der Waals surface area (Å²) in [5.41, 5.74) is 4.85. The van der Waals surface area contributed by atoms with Crippen LogP contribution in [0.3, 0.4) is 0 Å². The van der Waals surface area contributed by atoms with E-state index in [-0.39, 0.29) is 11.6 Å². The highest BCUT2D eigenvalue weighted by atomic mass is 16.6. The van der Waals surface area contributed by atoms with Crippen molar-refractivity contribution < 1.29 is 9.53 Å². The van der Waals surface area contributed by atoms with Gasteiger partial charge in [0.15, 0.2) is 0 Å². The van der Waals surface area contributed by atoms with Gasteiger partial charge >= 0.3 is 5.97 Å². The molecule has 0 saturated heterocycles. The fourth-order valence-electron chi connectivity index (χ4n) is 8.01. The lowest BCUT2D eigenvalue weighted by Gasteiger charge is -2.65. The van der Waals surface area contributed by atoms with Gasteiger partial charge in [-0.1, -0.05) is 88.8 Å². The summed E-state index contributed by atoms with van der Waals surface area (Å²) in [4.78, 5) is 13.2. The number of carbonyl (C=O) groups excluding carboxylic acids is 1. The lowest BCUT2D eigenvalue weighted by molar-refractivity contribution is -0.204. The fraction of sp³-hybridized carbons (Fsp3) is 0.618. The van der Waals surface area contributed by atoms with Crippen LogP contribution in [0.1, 0.15) is 120 Å². The topological polar surface area (TPSA) is 26.3 Å². The molecule has 4 atom stereocenters. The number of fused-ring (bicyclic) bond motifs is 2. The monoisotopic (exact) mass is 486 g/mol. The van der Waals surface area contributed by atoms with Crippen molar-refractivity contribution in [3.05, 3.63) is 59.7 Å². The largest absolute Gasteiger partial charge is 0.455 e. The minimum Gasteiger partial charge on any atom is -0.455 e. The summed E-state index contributed by atoms with van der Waals surface area (Å²) in [5, 5.41) is 0. The zero-order valence-electron chi connectivity index (χ0n) is 22.7. The van der Waals surface area contributed by atoms with Gasteiger partial charge in [-0.2, -0.15) is 0 Å². The van der Waals surface area contributed by atoms with Crippen molar-refractivity contribution >= 4 is 5.97 Å². The van der Waals surface area contributed by atoms with Gasteiger partial charge in [0.05, 0.1) is 5.56 Å². The van der Waals surface area contributed by atoms with Crippen LogP contribution in [0, 0.1) is 17.3 Å². The Morgan fingerprint density at radius 3 is 2.11 bits per heavy atom. The smallest absolute Gasteiger partial charge is 0.338 e. The predicted octanol–water partition coefficient (Wildman–Crippen LogP) is 9.55. The predicted molar refractivity (Wildman–Crippen MR) is 149 cm³/mol. The van der Waals surface area contributed by atoms with Gasteiger partial charge in [0.2, 0.25) is 0 Å². The summed E-state index contributed by atoms with van der Waals surface area (Å²) in [7, 11) is 0. The molecule has 5 aliphatic carbocycles. The molecule has 2 aromatic carbocycles. The third-order valence-electron chi connectivity index (χ3n) is 10.0. The third kappa shape index (κ3) is 5.15. The summed E-state index contributed by atoms with van der Waals surface area (Å²) in [6, 6.07) is 17.1. The van der Waals surface area contributed by atoms with E-state index in [1.807, 2.05) is 12.1 Å². The lowest BCUT2D eigenvalue weighted by atomic mass is 9.43. The maximum atomic E-state index is 13.2. The zero-order valence-corrected chi connectivity index (χ0v) is 22.7. The van der Waals surface area contributed by atoms with Crippen LogP contribution in [0.5, 0.6) is 0 Å². The van der Waals surface area contributed by atoms with E-state index < -0.39 is 0 Å². The van der Waals surface area contributed by atoms with Crippen molar-refractivity contribution in [2.75, 3.05) is 0 Å². The Bertz CT molecular complexity index is 1010. The third-order valence-corrected chi connectivity index (χ3v) is 10.0. The van der Waals surface area contributed by atoms with Crippen LogP contribution in [0.2, 0.25) is 0 Å². The lowest BCUT2D eigenvalue weighted by Crippen LogP contribution is -2.62. The van der Waals surface area contributed by atoms with E-state index in [9.17, 15) is 4.79 Å². The van der Waals surface area contributed by atoms with Crippen LogP contribution in [0.25, 0.3) is 11.1 Å². The van der Waals surface area contributed by atoms with Crippen molar-refractivity contribution in [1.29, 1.82) is 0 Å². The molecule has 36 heavy (non-hydrogen) atoms. The van der Waals surface area contributed by atoms with E-state index in [1.165, 1.54) is 94.6 Å². The maximum absolute atomic E-state index is 13.2. The average molecular weight is 487 g/mol. The molecule has 194 valence electrons. The number of rotatable bonds is 12. The second-order valence-electron chi connectivity index (χ2n) is 12.2. The highest BCUT2D eigenvalue weighted by molar-refractivity contribution is 5.90. The number of benzene rings is 2. The van der Waals surface area contributed by atoms with E-state index in [0.29, 0.717) is 16.9 Å². The van der Waals surface area contributed by atoms with E-state index in [4.69, 9.17) is 4.74 Å². The minimum absolute atomic E-state index is 0.119. The molecule has 0 unspecified atom stereocenters. The van der Waals surface area contributed by atoms with Crippen molar-refractivity contribution in [2.24, 2.45) is 17.3 Å². The van der Waals surface area contributed by atoms with E-state index in [0.717, 1.165) is 24.3 Å². The molecule has 0 N–H and O–H groups in total. The number of unbranched alkanes of at least 4 members (excludes halogenated alkanes) is 5. The van der Waals surface area contributed by atoms with Gasteiger partial charge in [0, 0.05) is 0 Å². The average Bonchev–Trinajstić information content (AvgIpc) is 2.91. The number of esters is 1. The minimum atomic E-state index is -0.194.